The topological polar surface area (TPSA) is 32.3 Å². The molecule has 0 aromatic carbocycles. The number of thiophene rings is 1. The highest BCUT2D eigenvalue weighted by molar-refractivity contribution is 7.14. The molecule has 18 heavy (non-hydrogen) atoms. The molecule has 1 N–H and O–H groups in total. The number of aryl methyl sites for hydroxylation is 2. The third kappa shape index (κ3) is 2.42. The van der Waals surface area contributed by atoms with Crippen LogP contribution in [0.2, 0.25) is 0 Å². The number of hydrogen-bond acceptors (Lipinski definition) is 3. The van der Waals surface area contributed by atoms with E-state index in [9.17, 15) is 4.79 Å². The Morgan fingerprint density at radius 3 is 3.06 bits per heavy atom. The molecule has 5 heteroatoms. The fraction of sp³-hybridized carbons (Fsp3) is 0.615. The summed E-state index contributed by atoms with van der Waals surface area (Å²) in [5, 5.41) is 3.32. The van der Waals surface area contributed by atoms with Crippen LogP contribution in [0, 0.1) is 0 Å². The summed E-state index contributed by atoms with van der Waals surface area (Å²) in [4.78, 5) is 16.8. The number of piperazine rings is 1. The largest absolute Gasteiger partial charge is 0.333 e. The average molecular weight is 287 g/mol. The van der Waals surface area contributed by atoms with Gasteiger partial charge in [0.15, 0.2) is 0 Å². The molecule has 0 spiro atoms. The third-order valence-electron chi connectivity index (χ3n) is 3.72. The van der Waals surface area contributed by atoms with Crippen molar-refractivity contribution in [1.82, 2.24) is 10.2 Å². The van der Waals surface area contributed by atoms with Gasteiger partial charge in [0.05, 0.1) is 4.88 Å². The van der Waals surface area contributed by atoms with Gasteiger partial charge < -0.3 is 10.2 Å². The molecule has 1 aliphatic carbocycles. The van der Waals surface area contributed by atoms with Gasteiger partial charge in [-0.3, -0.25) is 4.79 Å². The van der Waals surface area contributed by atoms with Crippen molar-refractivity contribution in [3.05, 3.63) is 21.4 Å². The molecule has 1 atom stereocenters. The van der Waals surface area contributed by atoms with Gasteiger partial charge in [0.2, 0.25) is 0 Å². The normalized spacial score (nSPS) is 22.5. The lowest BCUT2D eigenvalue weighted by Crippen LogP contribution is -2.52. The number of nitrogens with zero attached hydrogens (tertiary/aromatic N) is 1. The first kappa shape index (κ1) is 13.8. The molecule has 1 aromatic rings. The van der Waals surface area contributed by atoms with Crippen molar-refractivity contribution in [2.24, 2.45) is 0 Å². The maximum atomic E-state index is 12.4. The van der Waals surface area contributed by atoms with Crippen molar-refractivity contribution in [1.29, 1.82) is 0 Å². The zero-order chi connectivity index (χ0) is 11.8. The molecule has 1 amide bonds. The highest BCUT2D eigenvalue weighted by Crippen LogP contribution is 2.31. The van der Waals surface area contributed by atoms with Crippen LogP contribution in [0.25, 0.3) is 0 Å². The molecular formula is C13H19ClN2OS. The van der Waals surface area contributed by atoms with Crippen LogP contribution >= 0.6 is 23.7 Å². The fourth-order valence-corrected chi connectivity index (χ4v) is 3.93. The standard InChI is InChI=1S/C13H18N2OS.ClH/c1-9-8-14-5-6-15(9)13(16)12-7-10-3-2-4-11(10)17-12;/h7,9,14H,2-6,8H2,1H3;1H. The van der Waals surface area contributed by atoms with E-state index in [-0.39, 0.29) is 18.3 Å². The lowest BCUT2D eigenvalue weighted by molar-refractivity contribution is 0.0660. The highest BCUT2D eigenvalue weighted by atomic mass is 35.5. The van der Waals surface area contributed by atoms with Crippen molar-refractivity contribution in [3.63, 3.8) is 0 Å². The van der Waals surface area contributed by atoms with E-state index in [2.05, 4.69) is 18.3 Å². The molecule has 1 saturated heterocycles. The van der Waals surface area contributed by atoms with Gasteiger partial charge in [-0.05, 0) is 37.8 Å². The third-order valence-corrected chi connectivity index (χ3v) is 4.94. The van der Waals surface area contributed by atoms with Crippen LogP contribution in [0.3, 0.4) is 0 Å². The van der Waals surface area contributed by atoms with Crippen molar-refractivity contribution in [2.75, 3.05) is 19.6 Å². The Morgan fingerprint density at radius 1 is 1.50 bits per heavy atom. The van der Waals surface area contributed by atoms with Crippen molar-refractivity contribution in [2.45, 2.75) is 32.2 Å². The van der Waals surface area contributed by atoms with Gasteiger partial charge in [0, 0.05) is 30.6 Å². The second-order valence-corrected chi connectivity index (χ2v) is 6.10. The smallest absolute Gasteiger partial charge is 0.264 e. The fourth-order valence-electron chi connectivity index (χ4n) is 2.72. The number of hydrogen-bond donors (Lipinski definition) is 1. The Morgan fingerprint density at radius 2 is 2.33 bits per heavy atom. The van der Waals surface area contributed by atoms with Crippen LogP contribution < -0.4 is 5.32 Å². The van der Waals surface area contributed by atoms with E-state index >= 15 is 0 Å². The first-order valence-electron chi connectivity index (χ1n) is 6.39. The molecule has 0 bridgehead atoms. The molecule has 1 aliphatic heterocycles. The summed E-state index contributed by atoms with van der Waals surface area (Å²) in [6, 6.07) is 2.44. The lowest BCUT2D eigenvalue weighted by Gasteiger charge is -2.33. The number of carbonyl (C=O) groups excluding carboxylic acids is 1. The van der Waals surface area contributed by atoms with Crippen LogP contribution in [0.15, 0.2) is 6.07 Å². The van der Waals surface area contributed by atoms with Gasteiger partial charge in [0.25, 0.3) is 5.91 Å². The monoisotopic (exact) mass is 286 g/mol. The second-order valence-electron chi connectivity index (χ2n) is 4.96. The number of nitrogens with one attached hydrogen (secondary N) is 1. The predicted molar refractivity (Wildman–Crippen MR) is 77.0 cm³/mol. The molecular weight excluding hydrogens is 268 g/mol. The highest BCUT2D eigenvalue weighted by Gasteiger charge is 2.26. The van der Waals surface area contributed by atoms with E-state index in [1.165, 1.54) is 23.3 Å². The van der Waals surface area contributed by atoms with Crippen molar-refractivity contribution < 1.29 is 4.79 Å². The quantitative estimate of drug-likeness (QED) is 0.857. The first-order chi connectivity index (χ1) is 8.25. The zero-order valence-electron chi connectivity index (χ0n) is 10.6. The van der Waals surface area contributed by atoms with Gasteiger partial charge in [-0.25, -0.2) is 0 Å². The Hall–Kier alpha value is -0.580. The molecule has 100 valence electrons. The molecule has 0 radical (unpaired) electrons. The SMILES string of the molecule is CC1CNCCN1C(=O)c1cc2c(s1)CCC2.Cl. The molecule has 2 aliphatic rings. The van der Waals surface area contributed by atoms with Crippen LogP contribution in [0.5, 0.6) is 0 Å². The van der Waals surface area contributed by atoms with Crippen molar-refractivity contribution >= 4 is 29.7 Å². The average Bonchev–Trinajstić information content (AvgIpc) is 2.88. The number of rotatable bonds is 1. The summed E-state index contributed by atoms with van der Waals surface area (Å²) in [6.07, 6.45) is 3.60. The molecule has 1 fully saturated rings. The van der Waals surface area contributed by atoms with E-state index in [1.54, 1.807) is 11.3 Å². The minimum atomic E-state index is 0. The summed E-state index contributed by atoms with van der Waals surface area (Å²) >= 11 is 1.71. The number of halogens is 1. The zero-order valence-corrected chi connectivity index (χ0v) is 12.2. The van der Waals surface area contributed by atoms with Gasteiger partial charge in [-0.15, -0.1) is 23.7 Å². The molecule has 1 unspecified atom stereocenters. The Bertz CT molecular complexity index is 425. The summed E-state index contributed by atoms with van der Waals surface area (Å²) in [7, 11) is 0. The maximum absolute atomic E-state index is 12.4. The van der Waals surface area contributed by atoms with Crippen LogP contribution in [-0.4, -0.2) is 36.5 Å². The summed E-state index contributed by atoms with van der Waals surface area (Å²) in [6.45, 7) is 4.78. The van der Waals surface area contributed by atoms with E-state index in [4.69, 9.17) is 0 Å². The number of amides is 1. The van der Waals surface area contributed by atoms with Crippen LogP contribution in [0.4, 0.5) is 0 Å². The summed E-state index contributed by atoms with van der Waals surface area (Å²) < 4.78 is 0. The van der Waals surface area contributed by atoms with Crippen LogP contribution in [0.1, 0.15) is 33.5 Å². The van der Waals surface area contributed by atoms with Gasteiger partial charge in [0.1, 0.15) is 0 Å². The van der Waals surface area contributed by atoms with Crippen molar-refractivity contribution in [3.8, 4) is 0 Å². The second kappa shape index (κ2) is 5.59. The molecule has 3 rings (SSSR count). The van der Waals surface area contributed by atoms with E-state index in [1.807, 2.05) is 4.90 Å². The predicted octanol–water partition coefficient (Wildman–Crippen LogP) is 2.09. The molecule has 1 aromatic heterocycles. The Labute approximate surface area is 118 Å². The maximum Gasteiger partial charge on any atom is 0.264 e. The minimum absolute atomic E-state index is 0. The summed E-state index contributed by atoms with van der Waals surface area (Å²) in [5.41, 5.74) is 1.42. The van der Waals surface area contributed by atoms with Gasteiger partial charge in [-0.1, -0.05) is 0 Å². The van der Waals surface area contributed by atoms with E-state index in [0.717, 1.165) is 30.9 Å². The number of fused-ring (bicyclic) bond motifs is 1. The lowest BCUT2D eigenvalue weighted by atomic mass is 10.2. The van der Waals surface area contributed by atoms with E-state index < -0.39 is 0 Å². The Kier molecular flexibility index (Phi) is 4.30. The Balaban J connectivity index is 0.00000120. The van der Waals surface area contributed by atoms with Crippen LogP contribution in [-0.2, 0) is 12.8 Å². The minimum Gasteiger partial charge on any atom is -0.333 e. The number of carbonyl (C=O) groups is 1. The van der Waals surface area contributed by atoms with Gasteiger partial charge in [-0.2, -0.15) is 0 Å². The molecule has 3 nitrogen and oxygen atoms in total. The summed E-state index contributed by atoms with van der Waals surface area (Å²) in [5.74, 6) is 0.235. The van der Waals surface area contributed by atoms with E-state index in [0.29, 0.717) is 6.04 Å². The molecule has 0 saturated carbocycles. The van der Waals surface area contributed by atoms with Gasteiger partial charge >= 0.3 is 0 Å². The first-order valence-corrected chi connectivity index (χ1v) is 7.20. The molecule has 2 heterocycles.